The van der Waals surface area contributed by atoms with Crippen molar-refractivity contribution in [2.24, 2.45) is 0 Å². The van der Waals surface area contributed by atoms with Crippen LogP contribution in [0.15, 0.2) is 126 Å². The van der Waals surface area contributed by atoms with Crippen molar-refractivity contribution in [2.45, 2.75) is 38.3 Å². The molecule has 0 aliphatic rings. The molecule has 1 atom stereocenters. The van der Waals surface area contributed by atoms with E-state index in [1.807, 2.05) is 84.7 Å². The Morgan fingerprint density at radius 3 is 2.13 bits per heavy atom. The smallest absolute Gasteiger partial charge is 0.416 e. The third-order valence-electron chi connectivity index (χ3n) is 8.63. The molecule has 11 heteroatoms. The van der Waals surface area contributed by atoms with Crippen molar-refractivity contribution in [3.63, 3.8) is 0 Å². The Morgan fingerprint density at radius 1 is 0.808 bits per heavy atom. The van der Waals surface area contributed by atoms with Crippen LogP contribution in [0.1, 0.15) is 33.8 Å². The lowest BCUT2D eigenvalue weighted by Gasteiger charge is -2.34. The van der Waals surface area contributed by atoms with Crippen molar-refractivity contribution in [2.75, 3.05) is 27.2 Å². The van der Waals surface area contributed by atoms with Crippen molar-refractivity contribution in [3.05, 3.63) is 155 Å². The molecule has 5 rings (SSSR count). The molecule has 0 aliphatic heterocycles. The van der Waals surface area contributed by atoms with Gasteiger partial charge in [0.15, 0.2) is 0 Å². The van der Waals surface area contributed by atoms with Crippen molar-refractivity contribution < 1.29 is 32.3 Å². The molecule has 0 radical (unpaired) electrons. The number of benzene rings is 3. The van der Waals surface area contributed by atoms with Crippen LogP contribution >= 0.6 is 0 Å². The number of pyridine rings is 1. The number of hydrogen-bond donors (Lipinski definition) is 1. The molecule has 0 saturated carbocycles. The zero-order chi connectivity index (χ0) is 37.1. The molecule has 3 aromatic carbocycles. The average molecular weight is 711 g/mol. The van der Waals surface area contributed by atoms with Gasteiger partial charge in [-0.2, -0.15) is 13.2 Å². The zero-order valence-corrected chi connectivity index (χ0v) is 29.0. The molecule has 1 N–H and O–H groups in total. The predicted molar refractivity (Wildman–Crippen MR) is 193 cm³/mol. The molecule has 5 aromatic rings. The number of halogens is 3. The first-order chi connectivity index (χ1) is 25.0. The molecule has 52 heavy (non-hydrogen) atoms. The van der Waals surface area contributed by atoms with Gasteiger partial charge in [-0.3, -0.25) is 19.5 Å². The van der Waals surface area contributed by atoms with E-state index in [0.717, 1.165) is 34.5 Å². The summed E-state index contributed by atoms with van der Waals surface area (Å²) in [5, 5.41) is 9.32. The molecular weight excluding hydrogens is 669 g/mol. The lowest BCUT2D eigenvalue weighted by molar-refractivity contribution is -0.143. The van der Waals surface area contributed by atoms with E-state index >= 15 is 0 Å². The Kier molecular flexibility index (Phi) is 12.8. The van der Waals surface area contributed by atoms with Gasteiger partial charge in [-0.1, -0.05) is 72.8 Å². The number of rotatable bonds is 15. The summed E-state index contributed by atoms with van der Waals surface area (Å²) < 4.78 is 45.1. The van der Waals surface area contributed by atoms with E-state index < -0.39 is 23.7 Å². The van der Waals surface area contributed by atoms with E-state index in [2.05, 4.69) is 4.98 Å². The minimum absolute atomic E-state index is 0.0986. The number of alkyl halides is 3. The van der Waals surface area contributed by atoms with Crippen LogP contribution in [0, 0.1) is 0 Å². The van der Waals surface area contributed by atoms with Gasteiger partial charge in [-0.15, -0.1) is 0 Å². The van der Waals surface area contributed by atoms with Gasteiger partial charge in [-0.05, 0) is 66.2 Å². The summed E-state index contributed by atoms with van der Waals surface area (Å²) in [7, 11) is 3.60. The second kappa shape index (κ2) is 17.6. The first-order valence-electron chi connectivity index (χ1n) is 16.8. The highest BCUT2D eigenvalue weighted by atomic mass is 19.4. The van der Waals surface area contributed by atoms with Crippen LogP contribution in [-0.4, -0.2) is 69.8 Å². The molecule has 2 amide bonds. The van der Waals surface area contributed by atoms with Gasteiger partial charge in [0.2, 0.25) is 11.8 Å². The van der Waals surface area contributed by atoms with Crippen LogP contribution in [0.3, 0.4) is 0 Å². The Balaban J connectivity index is 1.41. The van der Waals surface area contributed by atoms with Crippen molar-refractivity contribution >= 4 is 17.9 Å². The van der Waals surface area contributed by atoms with Crippen LogP contribution in [0.2, 0.25) is 0 Å². The van der Waals surface area contributed by atoms with Crippen LogP contribution in [-0.2, 0) is 41.9 Å². The number of aliphatic hydroxyl groups is 1. The minimum atomic E-state index is -4.48. The fourth-order valence-electron chi connectivity index (χ4n) is 5.69. The summed E-state index contributed by atoms with van der Waals surface area (Å²) in [4.78, 5) is 38.0. The zero-order valence-electron chi connectivity index (χ0n) is 29.0. The number of aromatic nitrogens is 1. The topological polar surface area (TPSA) is 90.1 Å². The third kappa shape index (κ3) is 10.5. The van der Waals surface area contributed by atoms with E-state index in [1.165, 1.54) is 29.2 Å². The van der Waals surface area contributed by atoms with E-state index in [1.54, 1.807) is 30.3 Å². The lowest BCUT2D eigenvalue weighted by Crippen LogP contribution is -2.51. The summed E-state index contributed by atoms with van der Waals surface area (Å²) in [6.45, 7) is 1.25. The third-order valence-corrected chi connectivity index (χ3v) is 8.63. The number of hydrogen-bond acceptors (Lipinski definition) is 6. The van der Waals surface area contributed by atoms with Gasteiger partial charge in [0.05, 0.1) is 17.8 Å². The second-order valence-corrected chi connectivity index (χ2v) is 12.6. The number of amides is 2. The Bertz CT molecular complexity index is 1910. The number of furan rings is 1. The standard InChI is InChI=1S/C41H41F3N4O4/c1-46(28-35-20-21-36(29-49)52-35)24-25-47(2)40(51)38(26-31-8-4-3-5-9-31)48(27-32-11-16-33(17-12-32)37-10-6-7-23-45-37)39(50)22-15-30-13-18-34(19-14-30)41(42,43)44/h3-23,38,49H,24-29H2,1-2H3. The number of carbonyl (C=O) groups is 2. The van der Waals surface area contributed by atoms with E-state index in [4.69, 9.17) is 4.42 Å². The van der Waals surface area contributed by atoms with Gasteiger partial charge in [-0.25, -0.2) is 0 Å². The van der Waals surface area contributed by atoms with Gasteiger partial charge < -0.3 is 19.3 Å². The van der Waals surface area contributed by atoms with Crippen molar-refractivity contribution in [1.29, 1.82) is 0 Å². The van der Waals surface area contributed by atoms with Crippen LogP contribution in [0.5, 0.6) is 0 Å². The second-order valence-electron chi connectivity index (χ2n) is 12.6. The summed E-state index contributed by atoms with van der Waals surface area (Å²) in [5.74, 6) is 0.432. The molecule has 0 fully saturated rings. The Morgan fingerprint density at radius 2 is 1.50 bits per heavy atom. The van der Waals surface area contributed by atoms with Crippen LogP contribution < -0.4 is 0 Å². The maximum Gasteiger partial charge on any atom is 0.416 e. The molecular formula is C41H41F3N4O4. The summed E-state index contributed by atoms with van der Waals surface area (Å²) >= 11 is 0. The van der Waals surface area contributed by atoms with Crippen LogP contribution in [0.4, 0.5) is 13.2 Å². The molecule has 0 aliphatic carbocycles. The molecule has 8 nitrogen and oxygen atoms in total. The number of aliphatic hydroxyl groups excluding tert-OH is 1. The molecule has 1 unspecified atom stereocenters. The Labute approximate surface area is 301 Å². The van der Waals surface area contributed by atoms with Crippen molar-refractivity contribution in [1.82, 2.24) is 19.7 Å². The highest BCUT2D eigenvalue weighted by Gasteiger charge is 2.32. The highest BCUT2D eigenvalue weighted by Crippen LogP contribution is 2.29. The largest absolute Gasteiger partial charge is 0.462 e. The van der Waals surface area contributed by atoms with Crippen molar-refractivity contribution in [3.8, 4) is 11.3 Å². The molecule has 2 heterocycles. The SMILES string of the molecule is CN(CCN(C)C(=O)C(Cc1ccccc1)N(Cc1ccc(-c2ccccn2)cc1)C(=O)C=Cc1ccc(C(F)(F)F)cc1)Cc1ccc(CO)o1. The maximum atomic E-state index is 14.4. The normalized spacial score (nSPS) is 12.3. The van der Waals surface area contributed by atoms with Gasteiger partial charge >= 0.3 is 6.18 Å². The lowest BCUT2D eigenvalue weighted by atomic mass is 10.0. The molecule has 0 saturated heterocycles. The maximum absolute atomic E-state index is 14.4. The molecule has 270 valence electrons. The molecule has 0 bridgehead atoms. The van der Waals surface area contributed by atoms with Gasteiger partial charge in [0, 0.05) is 50.9 Å². The quantitative estimate of drug-likeness (QED) is 0.117. The predicted octanol–water partition coefficient (Wildman–Crippen LogP) is 7.10. The van der Waals surface area contributed by atoms with E-state index in [9.17, 15) is 27.9 Å². The number of nitrogens with zero attached hydrogens (tertiary/aromatic N) is 4. The molecule has 2 aromatic heterocycles. The average Bonchev–Trinajstić information content (AvgIpc) is 3.62. The van der Waals surface area contributed by atoms with Gasteiger partial charge in [0.25, 0.3) is 0 Å². The number of likely N-dealkylation sites (N-methyl/N-ethyl adjacent to an activating group) is 2. The monoisotopic (exact) mass is 710 g/mol. The van der Waals surface area contributed by atoms with E-state index in [-0.39, 0.29) is 25.5 Å². The Hall–Kier alpha value is -5.52. The fraction of sp³-hybridized carbons (Fsp3) is 0.244. The van der Waals surface area contributed by atoms with Gasteiger partial charge in [0.1, 0.15) is 24.2 Å². The fourth-order valence-corrected chi connectivity index (χ4v) is 5.69. The minimum Gasteiger partial charge on any atom is -0.462 e. The highest BCUT2D eigenvalue weighted by molar-refractivity contribution is 5.95. The molecule has 0 spiro atoms. The summed E-state index contributed by atoms with van der Waals surface area (Å²) in [6, 6.07) is 29.8. The van der Waals surface area contributed by atoms with E-state index in [0.29, 0.717) is 36.7 Å². The first-order valence-corrected chi connectivity index (χ1v) is 16.8. The first kappa shape index (κ1) is 37.7. The summed E-state index contributed by atoms with van der Waals surface area (Å²) in [6.07, 6.45) is 0.231. The number of carbonyl (C=O) groups excluding carboxylic acids is 2. The summed E-state index contributed by atoms with van der Waals surface area (Å²) in [5.41, 5.74) is 2.96. The van der Waals surface area contributed by atoms with Crippen LogP contribution in [0.25, 0.3) is 17.3 Å².